The largest absolute Gasteiger partial charge is 0.464 e. The van der Waals surface area contributed by atoms with Gasteiger partial charge < -0.3 is 14.3 Å². The van der Waals surface area contributed by atoms with E-state index >= 15 is 0 Å². The van der Waals surface area contributed by atoms with Crippen LogP contribution < -0.4 is 0 Å². The number of hydrogen-bond acceptors (Lipinski definition) is 6. The number of carbonyl (C=O) groups excluding carboxylic acids is 2. The van der Waals surface area contributed by atoms with E-state index in [0.29, 0.717) is 0 Å². The standard InChI is InChI=1S/C10H9NO5/c1-14-9(13)5-4-10(16-11-5)3-2-6(12)7-8(10)15-7/h2-3,7-8H,4H2,1H3/t7-,8-,10+/m0/s1. The van der Waals surface area contributed by atoms with Crippen LogP contribution in [0.2, 0.25) is 0 Å². The fraction of sp³-hybridized carbons (Fsp3) is 0.500. The van der Waals surface area contributed by atoms with Crippen LogP contribution in [0.5, 0.6) is 0 Å². The van der Waals surface area contributed by atoms with Crippen molar-refractivity contribution in [1.29, 1.82) is 0 Å². The summed E-state index contributed by atoms with van der Waals surface area (Å²) in [5, 5.41) is 3.69. The SMILES string of the molecule is COC(=O)C1=NO[C@]2(C=CC(=O)[C@@H]3O[C@@H]32)C1. The van der Waals surface area contributed by atoms with E-state index < -0.39 is 17.7 Å². The topological polar surface area (TPSA) is 77.5 Å². The molecular formula is C10H9NO5. The molecule has 6 heteroatoms. The Morgan fingerprint density at radius 3 is 3.25 bits per heavy atom. The molecule has 3 aliphatic rings. The zero-order valence-corrected chi connectivity index (χ0v) is 8.50. The summed E-state index contributed by atoms with van der Waals surface area (Å²) in [4.78, 5) is 27.8. The third-order valence-corrected chi connectivity index (χ3v) is 2.97. The molecule has 0 saturated carbocycles. The van der Waals surface area contributed by atoms with Gasteiger partial charge >= 0.3 is 5.97 Å². The third-order valence-electron chi connectivity index (χ3n) is 2.97. The Morgan fingerprint density at radius 1 is 1.69 bits per heavy atom. The van der Waals surface area contributed by atoms with E-state index in [9.17, 15) is 9.59 Å². The molecular weight excluding hydrogens is 214 g/mol. The van der Waals surface area contributed by atoms with E-state index in [-0.39, 0.29) is 24.0 Å². The number of carbonyl (C=O) groups is 2. The lowest BCUT2D eigenvalue weighted by atomic mass is 9.86. The minimum atomic E-state index is -0.790. The number of ether oxygens (including phenoxy) is 2. The number of epoxide rings is 1. The van der Waals surface area contributed by atoms with Gasteiger partial charge in [-0.05, 0) is 12.2 Å². The van der Waals surface area contributed by atoms with Crippen LogP contribution in [0.3, 0.4) is 0 Å². The van der Waals surface area contributed by atoms with Gasteiger partial charge in [-0.3, -0.25) is 4.79 Å². The van der Waals surface area contributed by atoms with Crippen molar-refractivity contribution < 1.29 is 23.9 Å². The Bertz CT molecular complexity index is 440. The maximum atomic E-state index is 11.3. The molecule has 0 aromatic carbocycles. The summed E-state index contributed by atoms with van der Waals surface area (Å²) in [5.41, 5.74) is -0.571. The zero-order chi connectivity index (χ0) is 11.3. The first-order chi connectivity index (χ1) is 7.66. The van der Waals surface area contributed by atoms with Gasteiger partial charge in [0.1, 0.15) is 6.10 Å². The average molecular weight is 223 g/mol. The second-order valence-electron chi connectivity index (χ2n) is 3.97. The van der Waals surface area contributed by atoms with Gasteiger partial charge in [-0.15, -0.1) is 0 Å². The summed E-state index contributed by atoms with van der Waals surface area (Å²) in [6, 6.07) is 0. The van der Waals surface area contributed by atoms with Gasteiger partial charge in [0.05, 0.1) is 7.11 Å². The van der Waals surface area contributed by atoms with Crippen molar-refractivity contribution in [3.05, 3.63) is 12.2 Å². The normalized spacial score (nSPS) is 39.1. The highest BCUT2D eigenvalue weighted by molar-refractivity contribution is 6.37. The summed E-state index contributed by atoms with van der Waals surface area (Å²) in [7, 11) is 1.28. The number of rotatable bonds is 1. The maximum Gasteiger partial charge on any atom is 0.356 e. The van der Waals surface area contributed by atoms with E-state index in [1.165, 1.54) is 13.2 Å². The van der Waals surface area contributed by atoms with Crippen LogP contribution in [0.4, 0.5) is 0 Å². The number of oxime groups is 1. The molecule has 1 spiro atoms. The zero-order valence-electron chi connectivity index (χ0n) is 8.50. The monoisotopic (exact) mass is 223 g/mol. The lowest BCUT2D eigenvalue weighted by Crippen LogP contribution is -2.39. The molecule has 1 saturated heterocycles. The van der Waals surface area contributed by atoms with Crippen molar-refractivity contribution in [1.82, 2.24) is 0 Å². The van der Waals surface area contributed by atoms with E-state index in [2.05, 4.69) is 9.89 Å². The van der Waals surface area contributed by atoms with Crippen molar-refractivity contribution in [2.45, 2.75) is 24.2 Å². The molecule has 1 fully saturated rings. The summed E-state index contributed by atoms with van der Waals surface area (Å²) in [5.74, 6) is -0.579. The molecule has 3 atom stereocenters. The minimum absolute atomic E-state index is 0.0641. The molecule has 6 nitrogen and oxygen atoms in total. The minimum Gasteiger partial charge on any atom is -0.464 e. The van der Waals surface area contributed by atoms with Crippen molar-refractivity contribution in [2.75, 3.05) is 7.11 Å². The molecule has 2 heterocycles. The van der Waals surface area contributed by atoms with Gasteiger partial charge in [-0.1, -0.05) is 5.16 Å². The first kappa shape index (κ1) is 9.53. The second-order valence-corrected chi connectivity index (χ2v) is 3.97. The van der Waals surface area contributed by atoms with Gasteiger partial charge in [0.15, 0.2) is 23.2 Å². The van der Waals surface area contributed by atoms with Crippen LogP contribution in [-0.4, -0.2) is 42.4 Å². The van der Waals surface area contributed by atoms with Gasteiger partial charge in [0.25, 0.3) is 0 Å². The summed E-state index contributed by atoms with van der Waals surface area (Å²) in [6.45, 7) is 0. The van der Waals surface area contributed by atoms with E-state index in [1.54, 1.807) is 6.08 Å². The smallest absolute Gasteiger partial charge is 0.356 e. The molecule has 16 heavy (non-hydrogen) atoms. The van der Waals surface area contributed by atoms with Crippen molar-refractivity contribution in [2.24, 2.45) is 5.16 Å². The highest BCUT2D eigenvalue weighted by atomic mass is 16.7. The van der Waals surface area contributed by atoms with Crippen LogP contribution >= 0.6 is 0 Å². The van der Waals surface area contributed by atoms with Crippen LogP contribution in [-0.2, 0) is 23.9 Å². The van der Waals surface area contributed by atoms with Crippen molar-refractivity contribution >= 4 is 17.5 Å². The first-order valence-electron chi connectivity index (χ1n) is 4.88. The Kier molecular flexibility index (Phi) is 1.74. The number of methoxy groups -OCH3 is 1. The summed E-state index contributed by atoms with van der Waals surface area (Å²) >= 11 is 0. The molecule has 2 aliphatic heterocycles. The number of fused-ring (bicyclic) bond motifs is 2. The molecule has 0 bridgehead atoms. The van der Waals surface area contributed by atoms with Gasteiger partial charge in [0, 0.05) is 6.42 Å². The van der Waals surface area contributed by atoms with Crippen LogP contribution in [0.25, 0.3) is 0 Å². The Labute approximate surface area is 90.8 Å². The van der Waals surface area contributed by atoms with Crippen molar-refractivity contribution in [3.8, 4) is 0 Å². The highest BCUT2D eigenvalue weighted by Crippen LogP contribution is 2.44. The molecule has 0 unspecified atom stereocenters. The van der Waals surface area contributed by atoms with Crippen LogP contribution in [0.15, 0.2) is 17.3 Å². The van der Waals surface area contributed by atoms with E-state index in [1.807, 2.05) is 0 Å². The molecule has 3 rings (SSSR count). The lowest BCUT2D eigenvalue weighted by Gasteiger charge is -2.21. The van der Waals surface area contributed by atoms with Gasteiger partial charge in [-0.25, -0.2) is 4.79 Å². The van der Waals surface area contributed by atoms with Crippen LogP contribution in [0.1, 0.15) is 6.42 Å². The number of esters is 1. The molecule has 0 amide bonds. The maximum absolute atomic E-state index is 11.3. The molecule has 84 valence electrons. The number of hydrogen-bond donors (Lipinski definition) is 0. The predicted molar refractivity (Wildman–Crippen MR) is 50.7 cm³/mol. The Morgan fingerprint density at radius 2 is 2.50 bits per heavy atom. The quantitative estimate of drug-likeness (QED) is 0.445. The van der Waals surface area contributed by atoms with E-state index in [4.69, 9.17) is 9.57 Å². The van der Waals surface area contributed by atoms with E-state index in [0.717, 1.165) is 0 Å². The van der Waals surface area contributed by atoms with Crippen LogP contribution in [0, 0.1) is 0 Å². The molecule has 0 radical (unpaired) electrons. The fourth-order valence-electron chi connectivity index (χ4n) is 2.05. The Balaban J connectivity index is 1.82. The first-order valence-corrected chi connectivity index (χ1v) is 4.88. The third kappa shape index (κ3) is 1.13. The number of nitrogens with zero attached hydrogens (tertiary/aromatic N) is 1. The highest BCUT2D eigenvalue weighted by Gasteiger charge is 2.63. The summed E-state index contributed by atoms with van der Waals surface area (Å²) in [6.07, 6.45) is 2.56. The molecule has 0 aromatic heterocycles. The van der Waals surface area contributed by atoms with Gasteiger partial charge in [-0.2, -0.15) is 0 Å². The average Bonchev–Trinajstić information content (AvgIpc) is 3.01. The molecule has 0 N–H and O–H groups in total. The van der Waals surface area contributed by atoms with Gasteiger partial charge in [0.2, 0.25) is 0 Å². The lowest BCUT2D eigenvalue weighted by molar-refractivity contribution is -0.132. The predicted octanol–water partition coefficient (Wildman–Crippen LogP) is -0.419. The Hall–Kier alpha value is -1.69. The number of ketones is 1. The second kappa shape index (κ2) is 2.91. The fourth-order valence-corrected chi connectivity index (χ4v) is 2.05. The summed E-state index contributed by atoms with van der Waals surface area (Å²) < 4.78 is 9.78. The molecule has 1 aliphatic carbocycles. The van der Waals surface area contributed by atoms with Crippen molar-refractivity contribution in [3.63, 3.8) is 0 Å². The molecule has 0 aromatic rings.